The van der Waals surface area contributed by atoms with E-state index in [0.29, 0.717) is 17.5 Å². The van der Waals surface area contributed by atoms with Gasteiger partial charge in [-0.1, -0.05) is 37.2 Å². The van der Waals surface area contributed by atoms with Gasteiger partial charge in [0.2, 0.25) is 0 Å². The average molecular weight is 259 g/mol. The van der Waals surface area contributed by atoms with Crippen LogP contribution in [0.1, 0.15) is 31.1 Å². The van der Waals surface area contributed by atoms with Crippen LogP contribution in [0.5, 0.6) is 0 Å². The molecule has 0 spiro atoms. The van der Waals surface area contributed by atoms with Gasteiger partial charge in [0.1, 0.15) is 5.76 Å². The molecule has 2 amide bonds. The lowest BCUT2D eigenvalue weighted by atomic mass is 10.0. The minimum atomic E-state index is -0.332. The number of nitrogens with zero attached hydrogens (tertiary/aromatic N) is 1. The molecule has 2 N–H and O–H groups in total. The summed E-state index contributed by atoms with van der Waals surface area (Å²) in [6.07, 6.45) is 0. The normalized spacial score (nSPS) is 10.5. The fourth-order valence-corrected chi connectivity index (χ4v) is 1.81. The molecule has 0 saturated heterocycles. The summed E-state index contributed by atoms with van der Waals surface area (Å²) < 4.78 is 4.89. The van der Waals surface area contributed by atoms with Crippen LogP contribution in [0, 0.1) is 6.92 Å². The maximum atomic E-state index is 11.9. The van der Waals surface area contributed by atoms with Crippen molar-refractivity contribution >= 4 is 17.5 Å². The Balaban J connectivity index is 2.07. The summed E-state index contributed by atoms with van der Waals surface area (Å²) in [6.45, 7) is 5.93. The van der Waals surface area contributed by atoms with Crippen LogP contribution < -0.4 is 10.6 Å². The molecule has 2 rings (SSSR count). The number of carbonyl (C=O) groups is 1. The quantitative estimate of drug-likeness (QED) is 0.882. The Bertz CT molecular complexity index is 576. The first-order valence-electron chi connectivity index (χ1n) is 6.16. The summed E-state index contributed by atoms with van der Waals surface area (Å²) in [7, 11) is 0. The predicted molar refractivity (Wildman–Crippen MR) is 74.4 cm³/mol. The van der Waals surface area contributed by atoms with Gasteiger partial charge in [0, 0.05) is 11.8 Å². The zero-order chi connectivity index (χ0) is 13.8. The van der Waals surface area contributed by atoms with Crippen LogP contribution in [0.25, 0.3) is 0 Å². The molecule has 0 aliphatic heterocycles. The monoisotopic (exact) mass is 259 g/mol. The molecule has 5 heteroatoms. The van der Waals surface area contributed by atoms with Crippen LogP contribution in [0.15, 0.2) is 34.9 Å². The molecule has 0 unspecified atom stereocenters. The molecule has 0 bridgehead atoms. The van der Waals surface area contributed by atoms with Gasteiger partial charge in [-0.25, -0.2) is 4.79 Å². The van der Waals surface area contributed by atoms with Gasteiger partial charge in [-0.3, -0.25) is 5.32 Å². The van der Waals surface area contributed by atoms with Gasteiger partial charge >= 0.3 is 6.03 Å². The number of aromatic nitrogens is 1. The highest BCUT2D eigenvalue weighted by molar-refractivity contribution is 5.99. The number of hydrogen-bond acceptors (Lipinski definition) is 3. The van der Waals surface area contributed by atoms with Crippen molar-refractivity contribution in [3.63, 3.8) is 0 Å². The largest absolute Gasteiger partial charge is 0.360 e. The summed E-state index contributed by atoms with van der Waals surface area (Å²) in [5.74, 6) is 1.39. The first kappa shape index (κ1) is 13.1. The summed E-state index contributed by atoms with van der Waals surface area (Å²) in [4.78, 5) is 11.9. The standard InChI is InChI=1S/C14H17N3O2/c1-9(2)11-6-4-5-7-12(11)15-14(18)16-13-8-10(3)19-17-13/h4-9H,1-3H3,(H2,15,16,17,18). The Morgan fingerprint density at radius 3 is 2.63 bits per heavy atom. The van der Waals surface area contributed by atoms with Crippen molar-refractivity contribution < 1.29 is 9.32 Å². The molecule has 1 aromatic heterocycles. The third kappa shape index (κ3) is 3.34. The first-order valence-corrected chi connectivity index (χ1v) is 6.16. The molecule has 0 fully saturated rings. The van der Waals surface area contributed by atoms with E-state index < -0.39 is 0 Å². The van der Waals surface area contributed by atoms with Crippen molar-refractivity contribution in [2.75, 3.05) is 10.6 Å². The third-order valence-corrected chi connectivity index (χ3v) is 2.70. The van der Waals surface area contributed by atoms with E-state index in [4.69, 9.17) is 4.52 Å². The number of anilines is 2. The highest BCUT2D eigenvalue weighted by Gasteiger charge is 2.10. The van der Waals surface area contributed by atoms with E-state index in [-0.39, 0.29) is 6.03 Å². The fourth-order valence-electron chi connectivity index (χ4n) is 1.81. The lowest BCUT2D eigenvalue weighted by molar-refractivity contribution is 0.262. The summed E-state index contributed by atoms with van der Waals surface area (Å²) >= 11 is 0. The predicted octanol–water partition coefficient (Wildman–Crippen LogP) is 3.75. The molecule has 0 atom stereocenters. The van der Waals surface area contributed by atoms with Gasteiger partial charge in [-0.05, 0) is 24.5 Å². The van der Waals surface area contributed by atoms with Crippen molar-refractivity contribution in [2.45, 2.75) is 26.7 Å². The van der Waals surface area contributed by atoms with Gasteiger partial charge in [0.05, 0.1) is 0 Å². The van der Waals surface area contributed by atoms with Crippen molar-refractivity contribution in [3.05, 3.63) is 41.7 Å². The molecule has 0 saturated carbocycles. The van der Waals surface area contributed by atoms with E-state index in [1.54, 1.807) is 13.0 Å². The van der Waals surface area contributed by atoms with Crippen LogP contribution in [0.4, 0.5) is 16.3 Å². The minimum absolute atomic E-state index is 0.332. The minimum Gasteiger partial charge on any atom is -0.360 e. The number of para-hydroxylation sites is 1. The highest BCUT2D eigenvalue weighted by atomic mass is 16.5. The number of rotatable bonds is 3. The second-order valence-corrected chi connectivity index (χ2v) is 4.64. The number of amides is 2. The zero-order valence-electron chi connectivity index (χ0n) is 11.2. The van der Waals surface area contributed by atoms with Crippen LogP contribution in [-0.2, 0) is 0 Å². The first-order chi connectivity index (χ1) is 9.06. The van der Waals surface area contributed by atoms with E-state index in [9.17, 15) is 4.79 Å². The second kappa shape index (κ2) is 5.56. The zero-order valence-corrected chi connectivity index (χ0v) is 11.2. The second-order valence-electron chi connectivity index (χ2n) is 4.64. The fraction of sp³-hybridized carbons (Fsp3) is 0.286. The lowest BCUT2D eigenvalue weighted by Gasteiger charge is -2.13. The molecule has 0 aliphatic carbocycles. The van der Waals surface area contributed by atoms with E-state index in [2.05, 4.69) is 29.6 Å². The maximum Gasteiger partial charge on any atom is 0.324 e. The van der Waals surface area contributed by atoms with Gasteiger partial charge in [-0.2, -0.15) is 0 Å². The van der Waals surface area contributed by atoms with E-state index >= 15 is 0 Å². The van der Waals surface area contributed by atoms with E-state index in [1.165, 1.54) is 0 Å². The Labute approximate surface area is 112 Å². The number of benzene rings is 1. The van der Waals surface area contributed by atoms with E-state index in [1.807, 2.05) is 24.3 Å². The Morgan fingerprint density at radius 1 is 1.26 bits per heavy atom. The van der Waals surface area contributed by atoms with Crippen LogP contribution >= 0.6 is 0 Å². The molecule has 5 nitrogen and oxygen atoms in total. The molecule has 100 valence electrons. The SMILES string of the molecule is Cc1cc(NC(=O)Nc2ccccc2C(C)C)no1. The Hall–Kier alpha value is -2.30. The van der Waals surface area contributed by atoms with Gasteiger partial charge in [-0.15, -0.1) is 0 Å². The topological polar surface area (TPSA) is 67.2 Å². The molecule has 2 aromatic rings. The van der Waals surface area contributed by atoms with Crippen LogP contribution in [0.2, 0.25) is 0 Å². The molecule has 19 heavy (non-hydrogen) atoms. The molecule has 0 aliphatic rings. The molecule has 1 heterocycles. The number of aryl methyl sites for hydroxylation is 1. The number of urea groups is 1. The van der Waals surface area contributed by atoms with Crippen molar-refractivity contribution in [1.82, 2.24) is 5.16 Å². The Morgan fingerprint density at radius 2 is 2.00 bits per heavy atom. The summed E-state index contributed by atoms with van der Waals surface area (Å²) in [5.41, 5.74) is 1.89. The van der Waals surface area contributed by atoms with Crippen molar-refractivity contribution in [3.8, 4) is 0 Å². The smallest absolute Gasteiger partial charge is 0.324 e. The van der Waals surface area contributed by atoms with Gasteiger partial charge in [0.25, 0.3) is 0 Å². The number of hydrogen-bond donors (Lipinski definition) is 2. The summed E-state index contributed by atoms with van der Waals surface area (Å²) in [6, 6.07) is 9.06. The van der Waals surface area contributed by atoms with Crippen LogP contribution in [-0.4, -0.2) is 11.2 Å². The molecular weight excluding hydrogens is 242 g/mol. The van der Waals surface area contributed by atoms with Gasteiger partial charge < -0.3 is 9.84 Å². The highest BCUT2D eigenvalue weighted by Crippen LogP contribution is 2.23. The summed E-state index contributed by atoms with van der Waals surface area (Å²) in [5, 5.41) is 9.15. The number of carbonyl (C=O) groups excluding carboxylic acids is 1. The van der Waals surface area contributed by atoms with Crippen molar-refractivity contribution in [1.29, 1.82) is 0 Å². The molecule has 1 aromatic carbocycles. The van der Waals surface area contributed by atoms with E-state index in [0.717, 1.165) is 11.3 Å². The maximum absolute atomic E-state index is 11.9. The number of nitrogens with one attached hydrogen (secondary N) is 2. The Kier molecular flexibility index (Phi) is 3.85. The average Bonchev–Trinajstić information content (AvgIpc) is 2.75. The molecular formula is C14H17N3O2. The van der Waals surface area contributed by atoms with Gasteiger partial charge in [0.15, 0.2) is 5.82 Å². The molecule has 0 radical (unpaired) electrons. The lowest BCUT2D eigenvalue weighted by Crippen LogP contribution is -2.20. The van der Waals surface area contributed by atoms with Crippen molar-refractivity contribution in [2.24, 2.45) is 0 Å². The third-order valence-electron chi connectivity index (χ3n) is 2.70. The van der Waals surface area contributed by atoms with Crippen LogP contribution in [0.3, 0.4) is 0 Å².